The quantitative estimate of drug-likeness (QED) is 0.787. The van der Waals surface area contributed by atoms with Gasteiger partial charge in [-0.3, -0.25) is 4.79 Å². The predicted molar refractivity (Wildman–Crippen MR) is 57.4 cm³/mol. The number of hydrogen-bond acceptors (Lipinski definition) is 4. The van der Waals surface area contributed by atoms with Crippen molar-refractivity contribution < 1.29 is 18.0 Å². The Morgan fingerprint density at radius 1 is 1.42 bits per heavy atom. The van der Waals surface area contributed by atoms with Gasteiger partial charge in [0.15, 0.2) is 5.69 Å². The Bertz CT molecular complexity index is 586. The van der Waals surface area contributed by atoms with E-state index in [0.29, 0.717) is 6.54 Å². The van der Waals surface area contributed by atoms with E-state index < -0.39 is 17.7 Å². The molecule has 2 heterocycles. The fourth-order valence-corrected chi connectivity index (χ4v) is 1.56. The van der Waals surface area contributed by atoms with Crippen LogP contribution < -0.4 is 0 Å². The molecule has 0 N–H and O–H groups in total. The Kier molecular flexibility index (Phi) is 3.36. The summed E-state index contributed by atoms with van der Waals surface area (Å²) >= 11 is 0. The number of aryl methyl sites for hydroxylation is 1. The molecule has 0 saturated heterocycles. The second-order valence-corrected chi connectivity index (χ2v) is 3.80. The van der Waals surface area contributed by atoms with Gasteiger partial charge in [0.1, 0.15) is 0 Å². The number of carbonyl (C=O) groups excluding carboxylic acids is 1. The van der Waals surface area contributed by atoms with Gasteiger partial charge < -0.3 is 4.57 Å². The smallest absolute Gasteiger partial charge is 0.333 e. The maximum Gasteiger partial charge on any atom is 0.456 e. The molecule has 19 heavy (non-hydrogen) atoms. The van der Waals surface area contributed by atoms with Crippen molar-refractivity contribution in [3.8, 4) is 0 Å². The van der Waals surface area contributed by atoms with Gasteiger partial charge in [0.05, 0.1) is 31.0 Å². The summed E-state index contributed by atoms with van der Waals surface area (Å²) in [6.07, 6.45) is -0.778. The Morgan fingerprint density at radius 2 is 2.16 bits per heavy atom. The van der Waals surface area contributed by atoms with Crippen molar-refractivity contribution in [2.45, 2.75) is 26.2 Å². The van der Waals surface area contributed by atoms with Crippen molar-refractivity contribution in [3.63, 3.8) is 0 Å². The lowest BCUT2D eigenvalue weighted by molar-refractivity contribution is -0.0888. The molecule has 0 aromatic carbocycles. The van der Waals surface area contributed by atoms with Crippen molar-refractivity contribution in [2.24, 2.45) is 0 Å². The van der Waals surface area contributed by atoms with E-state index in [4.69, 9.17) is 0 Å². The SMILES string of the molecule is CCn1cncc1Cn1cc(C(=O)C(F)(F)F)nn1. The lowest BCUT2D eigenvalue weighted by Crippen LogP contribution is -2.23. The van der Waals surface area contributed by atoms with Crippen LogP contribution in [-0.2, 0) is 13.1 Å². The minimum atomic E-state index is -4.94. The number of imidazole rings is 1. The van der Waals surface area contributed by atoms with Crippen LogP contribution in [0.25, 0.3) is 0 Å². The molecule has 102 valence electrons. The monoisotopic (exact) mass is 273 g/mol. The Hall–Kier alpha value is -2.19. The highest BCUT2D eigenvalue weighted by Crippen LogP contribution is 2.19. The van der Waals surface area contributed by atoms with Gasteiger partial charge in [0, 0.05) is 6.54 Å². The minimum absolute atomic E-state index is 0.200. The molecule has 0 aliphatic heterocycles. The Labute approximate surface area is 105 Å². The van der Waals surface area contributed by atoms with Crippen LogP contribution in [0.3, 0.4) is 0 Å². The predicted octanol–water partition coefficient (Wildman–Crippen LogP) is 1.29. The van der Waals surface area contributed by atoms with Gasteiger partial charge >= 0.3 is 6.18 Å². The highest BCUT2D eigenvalue weighted by molar-refractivity contribution is 5.98. The number of nitrogens with zero attached hydrogens (tertiary/aromatic N) is 5. The summed E-state index contributed by atoms with van der Waals surface area (Å²) in [5.74, 6) is -2.00. The van der Waals surface area contributed by atoms with Gasteiger partial charge in [-0.15, -0.1) is 5.10 Å². The van der Waals surface area contributed by atoms with Crippen LogP contribution in [0.5, 0.6) is 0 Å². The fourth-order valence-electron chi connectivity index (χ4n) is 1.56. The molecule has 0 radical (unpaired) electrons. The first-order valence-electron chi connectivity index (χ1n) is 5.42. The first-order valence-corrected chi connectivity index (χ1v) is 5.42. The third-order valence-electron chi connectivity index (χ3n) is 2.49. The van der Waals surface area contributed by atoms with E-state index >= 15 is 0 Å². The van der Waals surface area contributed by atoms with Crippen LogP contribution in [0, 0.1) is 0 Å². The summed E-state index contributed by atoms with van der Waals surface area (Å²) in [6.45, 7) is 2.79. The van der Waals surface area contributed by atoms with E-state index in [9.17, 15) is 18.0 Å². The molecule has 0 aliphatic carbocycles. The van der Waals surface area contributed by atoms with Gasteiger partial charge in [-0.05, 0) is 6.92 Å². The number of rotatable bonds is 4. The highest BCUT2D eigenvalue weighted by atomic mass is 19.4. The third-order valence-corrected chi connectivity index (χ3v) is 2.49. The molecule has 2 rings (SSSR count). The average Bonchev–Trinajstić information content (AvgIpc) is 2.96. The summed E-state index contributed by atoms with van der Waals surface area (Å²) < 4.78 is 39.6. The average molecular weight is 273 g/mol. The van der Waals surface area contributed by atoms with Gasteiger partial charge in [-0.2, -0.15) is 13.2 Å². The molecular weight excluding hydrogens is 263 g/mol. The van der Waals surface area contributed by atoms with Crippen LogP contribution >= 0.6 is 0 Å². The van der Waals surface area contributed by atoms with E-state index in [0.717, 1.165) is 11.9 Å². The molecule has 0 unspecified atom stereocenters. The maximum atomic E-state index is 12.2. The van der Waals surface area contributed by atoms with E-state index in [1.807, 2.05) is 11.5 Å². The zero-order chi connectivity index (χ0) is 14.0. The summed E-state index contributed by atoms with van der Waals surface area (Å²) in [5, 5.41) is 6.74. The second kappa shape index (κ2) is 4.82. The lowest BCUT2D eigenvalue weighted by Gasteiger charge is -2.04. The van der Waals surface area contributed by atoms with Crippen molar-refractivity contribution in [1.82, 2.24) is 24.5 Å². The standard InChI is InChI=1S/C10H10F3N5O/c1-2-17-6-14-3-7(17)4-18-5-8(15-16-18)9(19)10(11,12)13/h3,5-6H,2,4H2,1H3. The number of alkyl halides is 3. The fraction of sp³-hybridized carbons (Fsp3) is 0.400. The number of ketones is 1. The third kappa shape index (κ3) is 2.80. The molecule has 6 nitrogen and oxygen atoms in total. The largest absolute Gasteiger partial charge is 0.456 e. The zero-order valence-corrected chi connectivity index (χ0v) is 9.92. The minimum Gasteiger partial charge on any atom is -0.333 e. The zero-order valence-electron chi connectivity index (χ0n) is 9.92. The summed E-state index contributed by atoms with van der Waals surface area (Å²) in [4.78, 5) is 14.9. The molecule has 0 atom stereocenters. The number of carbonyl (C=O) groups is 1. The molecule has 9 heteroatoms. The highest BCUT2D eigenvalue weighted by Gasteiger charge is 2.41. The Balaban J connectivity index is 2.16. The molecule has 0 amide bonds. The first-order chi connectivity index (χ1) is 8.91. The lowest BCUT2D eigenvalue weighted by atomic mass is 10.3. The van der Waals surface area contributed by atoms with Crippen LogP contribution in [0.15, 0.2) is 18.7 Å². The topological polar surface area (TPSA) is 65.6 Å². The van der Waals surface area contributed by atoms with Crippen molar-refractivity contribution in [3.05, 3.63) is 30.1 Å². The van der Waals surface area contributed by atoms with Crippen molar-refractivity contribution in [1.29, 1.82) is 0 Å². The molecule has 2 aromatic heterocycles. The van der Waals surface area contributed by atoms with Crippen LogP contribution in [0.4, 0.5) is 13.2 Å². The van der Waals surface area contributed by atoms with E-state index in [2.05, 4.69) is 15.3 Å². The molecule has 0 fully saturated rings. The van der Waals surface area contributed by atoms with E-state index in [1.165, 1.54) is 4.68 Å². The molecular formula is C10H10F3N5O. The molecule has 0 spiro atoms. The number of aromatic nitrogens is 5. The molecule has 0 aliphatic rings. The molecule has 0 saturated carbocycles. The van der Waals surface area contributed by atoms with Crippen LogP contribution in [0.2, 0.25) is 0 Å². The van der Waals surface area contributed by atoms with E-state index in [1.54, 1.807) is 12.5 Å². The van der Waals surface area contributed by atoms with Crippen molar-refractivity contribution in [2.75, 3.05) is 0 Å². The van der Waals surface area contributed by atoms with Gasteiger partial charge in [0.2, 0.25) is 0 Å². The number of Topliss-reactive ketones (excluding diaryl/α,β-unsaturated/α-hetero) is 1. The molecule has 2 aromatic rings. The summed E-state index contributed by atoms with van der Waals surface area (Å²) in [5.41, 5.74) is 0.0495. The van der Waals surface area contributed by atoms with E-state index in [-0.39, 0.29) is 6.54 Å². The molecule has 0 bridgehead atoms. The first kappa shape index (κ1) is 13.2. The van der Waals surface area contributed by atoms with Crippen molar-refractivity contribution >= 4 is 5.78 Å². The Morgan fingerprint density at radius 3 is 2.79 bits per heavy atom. The van der Waals surface area contributed by atoms with Crippen LogP contribution in [-0.4, -0.2) is 36.5 Å². The van der Waals surface area contributed by atoms with Gasteiger partial charge in [-0.25, -0.2) is 9.67 Å². The normalized spacial score (nSPS) is 11.8. The maximum absolute atomic E-state index is 12.2. The summed E-state index contributed by atoms with van der Waals surface area (Å²) in [6, 6.07) is 0. The summed E-state index contributed by atoms with van der Waals surface area (Å²) in [7, 11) is 0. The number of hydrogen-bond donors (Lipinski definition) is 0. The van der Waals surface area contributed by atoms with Gasteiger partial charge in [0.25, 0.3) is 5.78 Å². The second-order valence-electron chi connectivity index (χ2n) is 3.80. The van der Waals surface area contributed by atoms with Gasteiger partial charge in [-0.1, -0.05) is 5.21 Å². The number of halogens is 3. The van der Waals surface area contributed by atoms with Crippen LogP contribution in [0.1, 0.15) is 23.1 Å².